The monoisotopic (exact) mass is 334 g/mol. The first-order valence-electron chi connectivity index (χ1n) is 7.88. The zero-order chi connectivity index (χ0) is 16.6. The highest BCUT2D eigenvalue weighted by Gasteiger charge is 2.63. The van der Waals surface area contributed by atoms with Crippen LogP contribution < -0.4 is 5.73 Å². The molecule has 3 rings (SSSR count). The van der Waals surface area contributed by atoms with Crippen LogP contribution in [0.25, 0.3) is 0 Å². The van der Waals surface area contributed by atoms with E-state index in [1.165, 1.54) is 5.56 Å². The lowest BCUT2D eigenvalue weighted by Gasteiger charge is -2.41. The van der Waals surface area contributed by atoms with Crippen molar-refractivity contribution in [3.05, 3.63) is 35.9 Å². The fourth-order valence-electron chi connectivity index (χ4n) is 3.20. The van der Waals surface area contributed by atoms with Crippen molar-refractivity contribution in [3.63, 3.8) is 0 Å². The molecule has 0 radical (unpaired) electrons. The van der Waals surface area contributed by atoms with Gasteiger partial charge in [-0.25, -0.2) is 4.79 Å². The van der Waals surface area contributed by atoms with E-state index in [1.54, 1.807) is 16.7 Å². The molecule has 5 nitrogen and oxygen atoms in total. The summed E-state index contributed by atoms with van der Waals surface area (Å²) in [5, 5.41) is -0.0978. The van der Waals surface area contributed by atoms with E-state index in [4.69, 9.17) is 10.5 Å². The van der Waals surface area contributed by atoms with Gasteiger partial charge in [-0.15, -0.1) is 11.8 Å². The Morgan fingerprint density at radius 1 is 1.35 bits per heavy atom. The van der Waals surface area contributed by atoms with Gasteiger partial charge in [0.15, 0.2) is 0 Å². The number of ether oxygens (including phenoxy) is 1. The first-order chi connectivity index (χ1) is 10.9. The minimum Gasteiger partial charge on any atom is -0.464 e. The maximum absolute atomic E-state index is 12.4. The molecule has 6 heteroatoms. The number of carbonyl (C=O) groups is 2. The summed E-state index contributed by atoms with van der Waals surface area (Å²) in [6, 6.07) is 9.06. The number of carbonyl (C=O) groups excluding carboxylic acids is 2. The molecule has 2 fully saturated rings. The standard InChI is InChI=1S/C17H22N2O3S/c1-17(2)13(19-14(20)12(18)15(19)23-17)16(21)22-10-6-9-11-7-4-3-5-8-11/h3-5,7-8,12-13,15H,6,9-10,18H2,1-2H3/t12?,13-,15+/m0/s1. The van der Waals surface area contributed by atoms with Crippen molar-refractivity contribution in [3.8, 4) is 0 Å². The molecule has 2 aliphatic heterocycles. The lowest BCUT2D eigenvalue weighted by molar-refractivity contribution is -0.162. The highest BCUT2D eigenvalue weighted by atomic mass is 32.2. The zero-order valence-corrected chi connectivity index (χ0v) is 14.2. The largest absolute Gasteiger partial charge is 0.464 e. The SMILES string of the molecule is CC1(C)S[C@@H]2C(N)C(=O)N2[C@H]1C(=O)OCCCc1ccccc1. The number of thioether (sulfide) groups is 1. The molecule has 2 aliphatic rings. The van der Waals surface area contributed by atoms with Crippen LogP contribution in [-0.2, 0) is 20.7 Å². The highest BCUT2D eigenvalue weighted by Crippen LogP contribution is 2.50. The van der Waals surface area contributed by atoms with E-state index < -0.39 is 12.1 Å². The van der Waals surface area contributed by atoms with Gasteiger partial charge in [-0.05, 0) is 32.3 Å². The molecule has 3 atom stereocenters. The van der Waals surface area contributed by atoms with E-state index in [0.29, 0.717) is 6.61 Å². The fraction of sp³-hybridized carbons (Fsp3) is 0.529. The van der Waals surface area contributed by atoms with Crippen LogP contribution in [-0.4, -0.2) is 45.6 Å². The molecule has 0 saturated carbocycles. The number of β-lactam (4-membered cyclic amide) rings is 1. The number of benzene rings is 1. The molecular formula is C17H22N2O3S. The van der Waals surface area contributed by atoms with Crippen molar-refractivity contribution in [2.45, 2.75) is 48.9 Å². The van der Waals surface area contributed by atoms with Crippen LogP contribution in [0.3, 0.4) is 0 Å². The number of rotatable bonds is 5. The van der Waals surface area contributed by atoms with Gasteiger partial charge in [0.25, 0.3) is 0 Å². The predicted molar refractivity (Wildman–Crippen MR) is 89.8 cm³/mol. The van der Waals surface area contributed by atoms with Gasteiger partial charge in [-0.2, -0.15) is 0 Å². The molecule has 1 aromatic carbocycles. The van der Waals surface area contributed by atoms with Gasteiger partial charge in [-0.1, -0.05) is 30.3 Å². The van der Waals surface area contributed by atoms with Crippen LogP contribution in [0.1, 0.15) is 25.8 Å². The van der Waals surface area contributed by atoms with Gasteiger partial charge >= 0.3 is 5.97 Å². The van der Waals surface area contributed by atoms with E-state index in [-0.39, 0.29) is 22.0 Å². The van der Waals surface area contributed by atoms with Gasteiger partial charge in [0.05, 0.1) is 6.61 Å². The van der Waals surface area contributed by atoms with Gasteiger partial charge in [-0.3, -0.25) is 4.79 Å². The third-order valence-corrected chi connectivity index (χ3v) is 5.99. The Morgan fingerprint density at radius 2 is 2.04 bits per heavy atom. The summed E-state index contributed by atoms with van der Waals surface area (Å²) < 4.78 is 5.06. The van der Waals surface area contributed by atoms with Crippen LogP contribution in [0, 0.1) is 0 Å². The Morgan fingerprint density at radius 3 is 2.74 bits per heavy atom. The highest BCUT2D eigenvalue weighted by molar-refractivity contribution is 8.01. The summed E-state index contributed by atoms with van der Waals surface area (Å²) >= 11 is 1.58. The minimum atomic E-state index is -0.540. The first-order valence-corrected chi connectivity index (χ1v) is 8.76. The average Bonchev–Trinajstić information content (AvgIpc) is 2.80. The molecule has 1 amide bonds. The van der Waals surface area contributed by atoms with Crippen molar-refractivity contribution in [2.75, 3.05) is 6.61 Å². The molecule has 124 valence electrons. The predicted octanol–water partition coefficient (Wildman–Crippen LogP) is 1.55. The van der Waals surface area contributed by atoms with Crippen LogP contribution >= 0.6 is 11.8 Å². The summed E-state index contributed by atoms with van der Waals surface area (Å²) in [7, 11) is 0. The first kappa shape index (κ1) is 16.3. The van der Waals surface area contributed by atoms with Crippen molar-refractivity contribution < 1.29 is 14.3 Å². The molecule has 2 saturated heterocycles. The Bertz CT molecular complexity index is 605. The Labute approximate surface area is 140 Å². The molecule has 2 heterocycles. The van der Waals surface area contributed by atoms with Gasteiger partial charge in [0, 0.05) is 4.75 Å². The lowest BCUT2D eigenvalue weighted by Crippen LogP contribution is -2.68. The third-order valence-electron chi connectivity index (χ3n) is 4.40. The smallest absolute Gasteiger partial charge is 0.330 e. The molecule has 2 N–H and O–H groups in total. The Balaban J connectivity index is 1.53. The average molecular weight is 334 g/mol. The zero-order valence-electron chi connectivity index (χ0n) is 13.4. The number of hydrogen-bond acceptors (Lipinski definition) is 5. The van der Waals surface area contributed by atoms with Gasteiger partial charge in [0.2, 0.25) is 5.91 Å². The van der Waals surface area contributed by atoms with Gasteiger partial charge < -0.3 is 15.4 Å². The summed E-state index contributed by atoms with van der Waals surface area (Å²) in [6.07, 6.45) is 1.64. The second-order valence-electron chi connectivity index (χ2n) is 6.54. The lowest BCUT2D eigenvalue weighted by atomic mass is 9.96. The van der Waals surface area contributed by atoms with Crippen LogP contribution in [0.4, 0.5) is 0 Å². The molecule has 1 unspecified atom stereocenters. The molecule has 1 aromatic rings. The number of esters is 1. The van der Waals surface area contributed by atoms with E-state index in [2.05, 4.69) is 12.1 Å². The summed E-state index contributed by atoms with van der Waals surface area (Å²) in [4.78, 5) is 26.0. The molecule has 0 bridgehead atoms. The van der Waals surface area contributed by atoms with E-state index >= 15 is 0 Å². The van der Waals surface area contributed by atoms with Crippen molar-refractivity contribution >= 4 is 23.6 Å². The van der Waals surface area contributed by atoms with E-state index in [1.807, 2.05) is 32.0 Å². The minimum absolute atomic E-state index is 0.0978. The number of hydrogen-bond donors (Lipinski definition) is 1. The number of amides is 1. The number of aryl methyl sites for hydroxylation is 1. The number of nitrogens with two attached hydrogens (primary N) is 1. The van der Waals surface area contributed by atoms with Crippen LogP contribution in [0.15, 0.2) is 30.3 Å². The summed E-state index contributed by atoms with van der Waals surface area (Å²) in [6.45, 7) is 4.29. The molecule has 0 aromatic heterocycles. The van der Waals surface area contributed by atoms with E-state index in [9.17, 15) is 9.59 Å². The second kappa shape index (κ2) is 6.17. The summed E-state index contributed by atoms with van der Waals surface area (Å²) in [5.41, 5.74) is 7.04. The van der Waals surface area contributed by atoms with Crippen molar-refractivity contribution in [2.24, 2.45) is 5.73 Å². The van der Waals surface area contributed by atoms with Crippen LogP contribution in [0.2, 0.25) is 0 Å². The topological polar surface area (TPSA) is 72.6 Å². The van der Waals surface area contributed by atoms with Gasteiger partial charge in [0.1, 0.15) is 17.5 Å². The van der Waals surface area contributed by atoms with E-state index in [0.717, 1.165) is 12.8 Å². The molecule has 0 spiro atoms. The number of fused-ring (bicyclic) bond motifs is 1. The molecule has 23 heavy (non-hydrogen) atoms. The fourth-order valence-corrected chi connectivity index (χ4v) is 4.76. The normalized spacial score (nSPS) is 28.2. The molecular weight excluding hydrogens is 312 g/mol. The maximum Gasteiger partial charge on any atom is 0.330 e. The molecule has 0 aliphatic carbocycles. The quantitative estimate of drug-likeness (QED) is 0.502. The Kier molecular flexibility index (Phi) is 4.38. The van der Waals surface area contributed by atoms with Crippen molar-refractivity contribution in [1.82, 2.24) is 4.90 Å². The second-order valence-corrected chi connectivity index (χ2v) is 8.31. The Hall–Kier alpha value is -1.53. The summed E-state index contributed by atoms with van der Waals surface area (Å²) in [5.74, 6) is -0.474. The third kappa shape index (κ3) is 2.97. The van der Waals surface area contributed by atoms with Crippen LogP contribution in [0.5, 0.6) is 0 Å². The maximum atomic E-state index is 12.4. The van der Waals surface area contributed by atoms with Crippen molar-refractivity contribution in [1.29, 1.82) is 0 Å². The number of nitrogens with zero attached hydrogens (tertiary/aromatic N) is 1.